The zero-order chi connectivity index (χ0) is 20.1. The molecule has 0 unspecified atom stereocenters. The van der Waals surface area contributed by atoms with Gasteiger partial charge in [0.1, 0.15) is 6.54 Å². The number of likely N-dealkylation sites (tertiary alicyclic amines) is 1. The van der Waals surface area contributed by atoms with E-state index >= 15 is 0 Å². The zero-order valence-electron chi connectivity index (χ0n) is 17.0. The van der Waals surface area contributed by atoms with Crippen molar-refractivity contribution in [1.29, 1.82) is 0 Å². The largest absolute Gasteiger partial charge is 0.491 e. The summed E-state index contributed by atoms with van der Waals surface area (Å²) in [5.74, 6) is 0.126. The molecule has 0 bridgehead atoms. The molecule has 0 aliphatic carbocycles. The summed E-state index contributed by atoms with van der Waals surface area (Å²) in [5.41, 5.74) is 3.69. The number of nitrogens with zero attached hydrogens (tertiary/aromatic N) is 2. The Bertz CT molecular complexity index is 898. The van der Waals surface area contributed by atoms with Crippen LogP contribution in [0.4, 0.5) is 5.69 Å². The van der Waals surface area contributed by atoms with Crippen LogP contribution in [-0.2, 0) is 17.9 Å². The topological polar surface area (TPSA) is 63.6 Å². The highest BCUT2D eigenvalue weighted by atomic mass is 16.5. The summed E-state index contributed by atoms with van der Waals surface area (Å²) < 4.78 is 7.02. The lowest BCUT2D eigenvalue weighted by Gasteiger charge is -2.27. The first-order chi connectivity index (χ1) is 13.5. The standard InChI is InChI=1S/C22H29N3O3/c1-16-8-7-9-19(17(16)2)23-22(27)15-25-14-21(28-3)20(26)12-18(25)13-24-10-5-4-6-11-24/h7-9,12,14H,4-6,10-11,13,15H2,1-3H3,(H,23,27). The molecule has 1 saturated heterocycles. The van der Waals surface area contributed by atoms with Crippen molar-refractivity contribution in [3.8, 4) is 5.75 Å². The van der Waals surface area contributed by atoms with Gasteiger partial charge in [-0.15, -0.1) is 0 Å². The van der Waals surface area contributed by atoms with E-state index in [0.717, 1.165) is 35.6 Å². The second-order valence-electron chi connectivity index (χ2n) is 7.46. The number of aryl methyl sites for hydroxylation is 1. The van der Waals surface area contributed by atoms with Gasteiger partial charge in [0.15, 0.2) is 5.75 Å². The number of nitrogens with one attached hydrogen (secondary N) is 1. The van der Waals surface area contributed by atoms with E-state index in [2.05, 4.69) is 10.2 Å². The van der Waals surface area contributed by atoms with Crippen molar-refractivity contribution >= 4 is 11.6 Å². The molecule has 1 N–H and O–H groups in total. The van der Waals surface area contributed by atoms with Gasteiger partial charge in [-0.3, -0.25) is 14.5 Å². The third-order valence-electron chi connectivity index (χ3n) is 5.43. The monoisotopic (exact) mass is 383 g/mol. The Balaban J connectivity index is 1.81. The van der Waals surface area contributed by atoms with Gasteiger partial charge in [0.05, 0.1) is 13.3 Å². The number of ether oxygens (including phenoxy) is 1. The Morgan fingerprint density at radius 3 is 2.64 bits per heavy atom. The van der Waals surface area contributed by atoms with Gasteiger partial charge in [-0.2, -0.15) is 0 Å². The molecule has 28 heavy (non-hydrogen) atoms. The summed E-state index contributed by atoms with van der Waals surface area (Å²) in [4.78, 5) is 27.3. The van der Waals surface area contributed by atoms with E-state index in [0.29, 0.717) is 6.54 Å². The minimum Gasteiger partial charge on any atom is -0.491 e. The van der Waals surface area contributed by atoms with Crippen LogP contribution in [0.1, 0.15) is 36.1 Å². The van der Waals surface area contributed by atoms with Gasteiger partial charge >= 0.3 is 0 Å². The maximum absolute atomic E-state index is 12.7. The molecule has 2 heterocycles. The number of carbonyl (C=O) groups is 1. The maximum Gasteiger partial charge on any atom is 0.244 e. The number of hydrogen-bond donors (Lipinski definition) is 1. The molecule has 0 saturated carbocycles. The predicted molar refractivity (Wildman–Crippen MR) is 111 cm³/mol. The van der Waals surface area contributed by atoms with Crippen LogP contribution < -0.4 is 15.5 Å². The van der Waals surface area contributed by atoms with Crippen LogP contribution in [0.5, 0.6) is 5.75 Å². The molecule has 1 aromatic heterocycles. The molecule has 1 fully saturated rings. The number of rotatable bonds is 6. The first-order valence-electron chi connectivity index (χ1n) is 9.83. The normalized spacial score (nSPS) is 14.7. The van der Waals surface area contributed by atoms with Gasteiger partial charge in [0, 0.05) is 24.0 Å². The number of carbonyl (C=O) groups excluding carboxylic acids is 1. The van der Waals surface area contributed by atoms with Crippen LogP contribution in [0, 0.1) is 13.8 Å². The van der Waals surface area contributed by atoms with Crippen LogP contribution in [-0.4, -0.2) is 35.6 Å². The molecular formula is C22H29N3O3. The van der Waals surface area contributed by atoms with E-state index in [9.17, 15) is 9.59 Å². The highest BCUT2D eigenvalue weighted by Gasteiger charge is 2.16. The fourth-order valence-electron chi connectivity index (χ4n) is 3.61. The van der Waals surface area contributed by atoms with Crippen molar-refractivity contribution in [2.45, 2.75) is 46.2 Å². The highest BCUT2D eigenvalue weighted by Crippen LogP contribution is 2.19. The first kappa shape index (κ1) is 20.1. The molecule has 1 aromatic carbocycles. The van der Waals surface area contributed by atoms with E-state index in [1.54, 1.807) is 12.3 Å². The predicted octanol–water partition coefficient (Wildman–Crippen LogP) is 3.10. The number of aromatic nitrogens is 1. The average Bonchev–Trinajstić information content (AvgIpc) is 2.68. The molecule has 6 nitrogen and oxygen atoms in total. The highest BCUT2D eigenvalue weighted by molar-refractivity contribution is 5.91. The lowest BCUT2D eigenvalue weighted by molar-refractivity contribution is -0.116. The van der Waals surface area contributed by atoms with E-state index in [4.69, 9.17) is 4.74 Å². The summed E-state index contributed by atoms with van der Waals surface area (Å²) in [6.45, 7) is 6.86. The molecular weight excluding hydrogens is 354 g/mol. The van der Waals surface area contributed by atoms with Gasteiger partial charge in [-0.25, -0.2) is 0 Å². The van der Waals surface area contributed by atoms with E-state index in [1.807, 2.05) is 36.6 Å². The van der Waals surface area contributed by atoms with Gasteiger partial charge < -0.3 is 14.6 Å². The Labute approximate surface area is 166 Å². The minimum absolute atomic E-state index is 0.126. The molecule has 1 aliphatic rings. The van der Waals surface area contributed by atoms with Gasteiger partial charge in [-0.05, 0) is 57.0 Å². The van der Waals surface area contributed by atoms with Crippen molar-refractivity contribution in [1.82, 2.24) is 9.47 Å². The van der Waals surface area contributed by atoms with Crippen LogP contribution >= 0.6 is 0 Å². The van der Waals surface area contributed by atoms with Crippen molar-refractivity contribution in [3.63, 3.8) is 0 Å². The van der Waals surface area contributed by atoms with Crippen LogP contribution in [0.25, 0.3) is 0 Å². The van der Waals surface area contributed by atoms with Crippen molar-refractivity contribution in [3.05, 3.63) is 57.5 Å². The zero-order valence-corrected chi connectivity index (χ0v) is 17.0. The van der Waals surface area contributed by atoms with E-state index < -0.39 is 0 Å². The molecule has 0 radical (unpaired) electrons. The van der Waals surface area contributed by atoms with Gasteiger partial charge in [0.25, 0.3) is 0 Å². The molecule has 3 rings (SSSR count). The van der Waals surface area contributed by atoms with Crippen LogP contribution in [0.2, 0.25) is 0 Å². The second kappa shape index (κ2) is 9.06. The van der Waals surface area contributed by atoms with Gasteiger partial charge in [0.2, 0.25) is 11.3 Å². The maximum atomic E-state index is 12.7. The smallest absolute Gasteiger partial charge is 0.244 e. The summed E-state index contributed by atoms with van der Waals surface area (Å²) >= 11 is 0. The quantitative estimate of drug-likeness (QED) is 0.833. The van der Waals surface area contributed by atoms with Crippen molar-refractivity contribution in [2.24, 2.45) is 0 Å². The Morgan fingerprint density at radius 1 is 1.18 bits per heavy atom. The minimum atomic E-state index is -0.152. The molecule has 6 heteroatoms. The fourth-order valence-corrected chi connectivity index (χ4v) is 3.61. The Morgan fingerprint density at radius 2 is 1.93 bits per heavy atom. The molecule has 0 spiro atoms. The molecule has 2 aromatic rings. The third-order valence-corrected chi connectivity index (χ3v) is 5.43. The Kier molecular flexibility index (Phi) is 6.52. The summed E-state index contributed by atoms with van der Waals surface area (Å²) in [5, 5.41) is 2.99. The number of methoxy groups -OCH3 is 1. The number of hydrogen-bond acceptors (Lipinski definition) is 4. The summed E-state index contributed by atoms with van der Waals surface area (Å²) in [6, 6.07) is 7.45. The van der Waals surface area contributed by atoms with Crippen molar-refractivity contribution in [2.75, 3.05) is 25.5 Å². The molecule has 1 amide bonds. The van der Waals surface area contributed by atoms with Crippen LogP contribution in [0.15, 0.2) is 35.3 Å². The third kappa shape index (κ3) is 4.81. The first-order valence-corrected chi connectivity index (χ1v) is 9.83. The Hall–Kier alpha value is -2.60. The van der Waals surface area contributed by atoms with E-state index in [-0.39, 0.29) is 23.6 Å². The SMILES string of the molecule is COc1cn(CC(=O)Nc2cccc(C)c2C)c(CN2CCCCC2)cc1=O. The molecule has 1 aliphatic heterocycles. The fraction of sp³-hybridized carbons (Fsp3) is 0.455. The number of piperidine rings is 1. The number of amides is 1. The molecule has 0 atom stereocenters. The lowest BCUT2D eigenvalue weighted by Crippen LogP contribution is -2.32. The average molecular weight is 383 g/mol. The van der Waals surface area contributed by atoms with Crippen molar-refractivity contribution < 1.29 is 9.53 Å². The second-order valence-corrected chi connectivity index (χ2v) is 7.46. The van der Waals surface area contributed by atoms with Crippen LogP contribution in [0.3, 0.4) is 0 Å². The number of anilines is 1. The lowest BCUT2D eigenvalue weighted by atomic mass is 10.1. The summed E-state index contributed by atoms with van der Waals surface area (Å²) in [6.07, 6.45) is 5.25. The summed E-state index contributed by atoms with van der Waals surface area (Å²) in [7, 11) is 1.47. The number of pyridine rings is 1. The van der Waals surface area contributed by atoms with Gasteiger partial charge in [-0.1, -0.05) is 18.6 Å². The number of benzene rings is 1. The molecule has 150 valence electrons. The van der Waals surface area contributed by atoms with E-state index in [1.165, 1.54) is 26.4 Å².